The second-order valence-electron chi connectivity index (χ2n) is 5.60. The van der Waals surface area contributed by atoms with Crippen molar-refractivity contribution >= 4 is 11.7 Å². The van der Waals surface area contributed by atoms with Crippen molar-refractivity contribution in [3.63, 3.8) is 0 Å². The maximum atomic E-state index is 13.8. The highest BCUT2D eigenvalue weighted by molar-refractivity contribution is 5.89. The van der Waals surface area contributed by atoms with E-state index in [1.165, 1.54) is 6.07 Å². The zero-order valence-electron chi connectivity index (χ0n) is 11.9. The molecule has 1 aromatic rings. The molecule has 2 rings (SSSR count). The number of likely N-dealkylation sites (tertiary alicyclic amines) is 1. The van der Waals surface area contributed by atoms with Crippen LogP contribution in [0.1, 0.15) is 31.7 Å². The number of aliphatic hydroxyl groups excluding tert-OH is 1. The molecule has 0 saturated carbocycles. The van der Waals surface area contributed by atoms with Gasteiger partial charge in [0.25, 0.3) is 0 Å². The minimum atomic E-state index is -0.299. The third-order valence-corrected chi connectivity index (χ3v) is 3.70. The van der Waals surface area contributed by atoms with E-state index in [4.69, 9.17) is 5.11 Å². The van der Waals surface area contributed by atoms with Crippen LogP contribution >= 0.6 is 0 Å². The quantitative estimate of drug-likeness (QED) is 0.894. The molecule has 2 N–H and O–H groups in total. The number of aliphatic hydroxyl groups is 1. The van der Waals surface area contributed by atoms with Crippen molar-refractivity contribution in [2.45, 2.75) is 26.2 Å². The Balaban J connectivity index is 2.00. The van der Waals surface area contributed by atoms with E-state index in [9.17, 15) is 9.18 Å². The van der Waals surface area contributed by atoms with Crippen molar-refractivity contribution in [1.82, 2.24) is 4.90 Å². The lowest BCUT2D eigenvalue weighted by Crippen LogP contribution is -2.33. The normalized spacial score (nSPS) is 18.6. The van der Waals surface area contributed by atoms with Crippen molar-refractivity contribution in [2.75, 3.05) is 25.0 Å². The van der Waals surface area contributed by atoms with Gasteiger partial charge in [-0.25, -0.2) is 9.18 Å². The summed E-state index contributed by atoms with van der Waals surface area (Å²) in [6.07, 6.45) is 0.810. The van der Waals surface area contributed by atoms with Gasteiger partial charge in [-0.15, -0.1) is 0 Å². The average molecular weight is 280 g/mol. The van der Waals surface area contributed by atoms with Gasteiger partial charge in [0.2, 0.25) is 0 Å². The van der Waals surface area contributed by atoms with Gasteiger partial charge < -0.3 is 15.3 Å². The Labute approximate surface area is 118 Å². The van der Waals surface area contributed by atoms with Gasteiger partial charge in [-0.2, -0.15) is 0 Å². The Kier molecular flexibility index (Phi) is 4.60. The van der Waals surface area contributed by atoms with E-state index in [1.807, 2.05) is 13.8 Å². The molecule has 1 saturated heterocycles. The molecule has 1 atom stereocenters. The van der Waals surface area contributed by atoms with E-state index in [0.717, 1.165) is 6.42 Å². The number of hydrogen-bond acceptors (Lipinski definition) is 2. The summed E-state index contributed by atoms with van der Waals surface area (Å²) in [5.41, 5.74) is 1.11. The fourth-order valence-corrected chi connectivity index (χ4v) is 2.44. The van der Waals surface area contributed by atoms with Gasteiger partial charge >= 0.3 is 6.03 Å². The van der Waals surface area contributed by atoms with Gasteiger partial charge in [0, 0.05) is 31.3 Å². The van der Waals surface area contributed by atoms with Gasteiger partial charge in [-0.1, -0.05) is 19.9 Å². The monoisotopic (exact) mass is 280 g/mol. The van der Waals surface area contributed by atoms with Crippen molar-refractivity contribution in [3.05, 3.63) is 29.6 Å². The second-order valence-corrected chi connectivity index (χ2v) is 5.60. The molecule has 1 aliphatic rings. The van der Waals surface area contributed by atoms with Gasteiger partial charge in [0.15, 0.2) is 0 Å². The summed E-state index contributed by atoms with van der Waals surface area (Å²) >= 11 is 0. The molecule has 0 radical (unpaired) electrons. The molecule has 20 heavy (non-hydrogen) atoms. The van der Waals surface area contributed by atoms with Gasteiger partial charge in [0.1, 0.15) is 5.82 Å². The van der Waals surface area contributed by atoms with E-state index in [2.05, 4.69) is 5.32 Å². The number of hydrogen-bond donors (Lipinski definition) is 2. The highest BCUT2D eigenvalue weighted by atomic mass is 19.1. The SMILES string of the molecule is CC(C)c1ccc(NC(=O)N2CC[C@H](CO)C2)cc1F. The molecule has 0 aliphatic carbocycles. The molecule has 0 bridgehead atoms. The third-order valence-electron chi connectivity index (χ3n) is 3.70. The lowest BCUT2D eigenvalue weighted by Gasteiger charge is -2.17. The Morgan fingerprint density at radius 1 is 1.55 bits per heavy atom. The Morgan fingerprint density at radius 3 is 2.85 bits per heavy atom. The molecule has 1 aromatic carbocycles. The molecule has 4 nitrogen and oxygen atoms in total. The minimum absolute atomic E-state index is 0.0987. The lowest BCUT2D eigenvalue weighted by molar-refractivity contribution is 0.209. The second kappa shape index (κ2) is 6.22. The first kappa shape index (κ1) is 14.8. The summed E-state index contributed by atoms with van der Waals surface area (Å²) in [5, 5.41) is 11.8. The van der Waals surface area contributed by atoms with Crippen molar-refractivity contribution < 1.29 is 14.3 Å². The fraction of sp³-hybridized carbons (Fsp3) is 0.533. The van der Waals surface area contributed by atoms with Crippen LogP contribution in [0.3, 0.4) is 0 Å². The molecule has 0 unspecified atom stereocenters. The average Bonchev–Trinajstić information content (AvgIpc) is 2.87. The van der Waals surface area contributed by atoms with Crippen LogP contribution in [0.4, 0.5) is 14.9 Å². The first-order chi connectivity index (χ1) is 9.51. The van der Waals surface area contributed by atoms with E-state index < -0.39 is 0 Å². The maximum absolute atomic E-state index is 13.8. The zero-order valence-corrected chi connectivity index (χ0v) is 11.9. The number of carbonyl (C=O) groups excluding carboxylic acids is 1. The van der Waals surface area contributed by atoms with Crippen LogP contribution in [-0.2, 0) is 0 Å². The largest absolute Gasteiger partial charge is 0.396 e. The van der Waals surface area contributed by atoms with Crippen LogP contribution in [0.5, 0.6) is 0 Å². The summed E-state index contributed by atoms with van der Waals surface area (Å²) in [6.45, 7) is 5.13. The Bertz CT molecular complexity index is 491. The molecule has 0 spiro atoms. The minimum Gasteiger partial charge on any atom is -0.396 e. The highest BCUT2D eigenvalue weighted by Gasteiger charge is 2.25. The fourth-order valence-electron chi connectivity index (χ4n) is 2.44. The molecule has 0 aromatic heterocycles. The Morgan fingerprint density at radius 2 is 2.30 bits per heavy atom. The van der Waals surface area contributed by atoms with E-state index in [1.54, 1.807) is 17.0 Å². The predicted molar refractivity (Wildman–Crippen MR) is 76.3 cm³/mol. The smallest absolute Gasteiger partial charge is 0.321 e. The predicted octanol–water partition coefficient (Wildman–Crippen LogP) is 2.80. The molecule has 1 aliphatic heterocycles. The Hall–Kier alpha value is -1.62. The molecule has 1 fully saturated rings. The van der Waals surface area contributed by atoms with Crippen molar-refractivity contribution in [2.24, 2.45) is 5.92 Å². The van der Waals surface area contributed by atoms with Gasteiger partial charge in [-0.05, 0) is 30.0 Å². The number of carbonyl (C=O) groups is 1. The summed E-state index contributed by atoms with van der Waals surface area (Å²) < 4.78 is 13.8. The van der Waals surface area contributed by atoms with Crippen LogP contribution in [-0.4, -0.2) is 35.7 Å². The lowest BCUT2D eigenvalue weighted by atomic mass is 10.0. The van der Waals surface area contributed by atoms with E-state index in [0.29, 0.717) is 24.3 Å². The first-order valence-electron chi connectivity index (χ1n) is 6.97. The number of anilines is 1. The van der Waals surface area contributed by atoms with Crippen LogP contribution in [0.2, 0.25) is 0 Å². The van der Waals surface area contributed by atoms with Crippen LogP contribution in [0.15, 0.2) is 18.2 Å². The number of benzene rings is 1. The van der Waals surface area contributed by atoms with Crippen LogP contribution < -0.4 is 5.32 Å². The number of rotatable bonds is 3. The van der Waals surface area contributed by atoms with E-state index >= 15 is 0 Å². The number of nitrogens with zero attached hydrogens (tertiary/aromatic N) is 1. The molecule has 110 valence electrons. The number of amides is 2. The first-order valence-corrected chi connectivity index (χ1v) is 6.97. The highest BCUT2D eigenvalue weighted by Crippen LogP contribution is 2.22. The molecular weight excluding hydrogens is 259 g/mol. The van der Waals surface area contributed by atoms with Crippen LogP contribution in [0, 0.1) is 11.7 Å². The summed E-state index contributed by atoms with van der Waals surface area (Å²) in [4.78, 5) is 13.7. The molecule has 5 heteroatoms. The number of urea groups is 1. The zero-order chi connectivity index (χ0) is 14.7. The maximum Gasteiger partial charge on any atom is 0.321 e. The van der Waals surface area contributed by atoms with E-state index in [-0.39, 0.29) is 30.3 Å². The van der Waals surface area contributed by atoms with Crippen molar-refractivity contribution in [3.8, 4) is 0 Å². The number of halogens is 1. The summed E-state index contributed by atoms with van der Waals surface area (Å²) in [7, 11) is 0. The third kappa shape index (κ3) is 3.28. The molecule has 1 heterocycles. The molecular formula is C15H21FN2O2. The summed E-state index contributed by atoms with van der Waals surface area (Å²) in [6, 6.07) is 4.54. The van der Waals surface area contributed by atoms with Crippen molar-refractivity contribution in [1.29, 1.82) is 0 Å². The summed E-state index contributed by atoms with van der Waals surface area (Å²) in [5.74, 6) is -0.0306. The number of nitrogens with one attached hydrogen (secondary N) is 1. The standard InChI is InChI=1S/C15H21FN2O2/c1-10(2)13-4-3-12(7-14(13)16)17-15(20)18-6-5-11(8-18)9-19/h3-4,7,10-11,19H,5-6,8-9H2,1-2H3,(H,17,20)/t11-/m0/s1. The van der Waals surface area contributed by atoms with Gasteiger partial charge in [0.05, 0.1) is 0 Å². The van der Waals surface area contributed by atoms with Crippen LogP contribution in [0.25, 0.3) is 0 Å². The topological polar surface area (TPSA) is 52.6 Å². The van der Waals surface area contributed by atoms with Gasteiger partial charge in [-0.3, -0.25) is 0 Å². The molecule has 2 amide bonds.